The first-order valence-electron chi connectivity index (χ1n) is 13.6. The Bertz CT molecular complexity index is 1030. The molecule has 0 aliphatic heterocycles. The molecule has 15 N–H and O–H groups in total. The normalized spacial score (nSPS) is 15.8. The maximum Gasteiger partial charge on any atom is 0.245 e. The van der Waals surface area contributed by atoms with Crippen molar-refractivity contribution < 1.29 is 39.0 Å². The van der Waals surface area contributed by atoms with E-state index in [2.05, 4.69) is 56.8 Å². The first-order valence-corrected chi connectivity index (χ1v) is 14.9. The molecule has 0 aliphatic rings. The molecule has 0 saturated heterocycles. The summed E-state index contributed by atoms with van der Waals surface area (Å²) in [6.45, 7) is 3.76. The van der Waals surface area contributed by atoms with Gasteiger partial charge in [-0.1, -0.05) is 13.8 Å². The van der Waals surface area contributed by atoms with Crippen LogP contribution in [0.3, 0.4) is 0 Å². The van der Waals surface area contributed by atoms with Crippen molar-refractivity contribution in [3.05, 3.63) is 0 Å². The van der Waals surface area contributed by atoms with Gasteiger partial charge in [0.25, 0.3) is 0 Å². The number of aliphatic imine (C=N–C) groups is 1. The van der Waals surface area contributed by atoms with Crippen LogP contribution in [0.1, 0.15) is 33.6 Å². The number of hydrogen-bond acceptors (Lipinski definition) is 12. The van der Waals surface area contributed by atoms with Gasteiger partial charge in [0.2, 0.25) is 35.4 Å². The van der Waals surface area contributed by atoms with Crippen LogP contribution in [0.2, 0.25) is 0 Å². The molecule has 0 bridgehead atoms. The monoisotopic (exact) mass is 666 g/mol. The van der Waals surface area contributed by atoms with Gasteiger partial charge in [-0.15, -0.1) is 0 Å². The van der Waals surface area contributed by atoms with Crippen LogP contribution in [-0.4, -0.2) is 119 Å². The average molecular weight is 667 g/mol. The number of carbonyl (C=O) groups is 6. The number of nitrogens with zero attached hydrogens (tertiary/aromatic N) is 1. The van der Waals surface area contributed by atoms with Crippen molar-refractivity contribution in [2.75, 3.05) is 24.7 Å². The molecular formula is C24H46N10O8S2. The average Bonchev–Trinajstić information content (AvgIpc) is 2.95. The lowest BCUT2D eigenvalue weighted by Gasteiger charge is -2.29. The van der Waals surface area contributed by atoms with Crippen LogP contribution in [0.4, 0.5) is 0 Å². The highest BCUT2D eigenvalue weighted by Crippen LogP contribution is 2.06. The van der Waals surface area contributed by atoms with Gasteiger partial charge >= 0.3 is 0 Å². The molecule has 6 amide bonds. The largest absolute Gasteiger partial charge is 0.394 e. The van der Waals surface area contributed by atoms with E-state index in [-0.39, 0.29) is 30.4 Å². The van der Waals surface area contributed by atoms with Gasteiger partial charge < -0.3 is 59.7 Å². The van der Waals surface area contributed by atoms with Crippen molar-refractivity contribution in [2.45, 2.75) is 76.0 Å². The number of nitrogens with one attached hydrogen (secondary N) is 5. The van der Waals surface area contributed by atoms with Gasteiger partial charge in [-0.05, 0) is 25.7 Å². The second kappa shape index (κ2) is 20.6. The van der Waals surface area contributed by atoms with E-state index in [0.29, 0.717) is 6.42 Å². The van der Waals surface area contributed by atoms with Crippen LogP contribution in [0.15, 0.2) is 4.99 Å². The number of aliphatic hydroxyl groups excluding tert-OH is 2. The van der Waals surface area contributed by atoms with Crippen LogP contribution >= 0.6 is 25.3 Å². The molecule has 0 aromatic rings. The second-order valence-corrected chi connectivity index (χ2v) is 10.9. The summed E-state index contributed by atoms with van der Waals surface area (Å²) in [5.41, 5.74) is 21.5. The molecule has 7 atom stereocenters. The molecule has 0 aromatic heterocycles. The predicted octanol–water partition coefficient (Wildman–Crippen LogP) is -5.83. The Morgan fingerprint density at radius 2 is 1.23 bits per heavy atom. The first-order chi connectivity index (χ1) is 20.5. The van der Waals surface area contributed by atoms with E-state index in [9.17, 15) is 39.0 Å². The second-order valence-electron chi connectivity index (χ2n) is 10.1. The molecule has 0 fully saturated rings. The standard InChI is InChI=1S/C24H46N10O8S2/c1-10(2)16(33-20(39)14(7-35)31-19(38)12(25)8-43)22(41)34-17(11(3)36)23(42)32-15(9-44)21(40)30-13(18(26)37)5-4-6-29-24(27)28/h10-17,35-36,43-44H,4-9,25H2,1-3H3,(H2,26,37)(H,30,40)(H,31,38)(H,32,42)(H,33,39)(H,34,41)(H4,27,28,29)/t11-,12+,13+,14+,15+,16+,17+/m1/s1. The topological polar surface area (TPSA) is 319 Å². The molecule has 0 saturated carbocycles. The number of primary amides is 1. The molecule has 0 heterocycles. The zero-order chi connectivity index (χ0) is 34.1. The van der Waals surface area contributed by atoms with E-state index in [1.54, 1.807) is 13.8 Å². The Morgan fingerprint density at radius 3 is 1.68 bits per heavy atom. The Hall–Kier alpha value is -3.33. The van der Waals surface area contributed by atoms with E-state index in [1.807, 2.05) is 0 Å². The number of nitrogens with two attached hydrogens (primary N) is 4. The van der Waals surface area contributed by atoms with Gasteiger partial charge in [-0.25, -0.2) is 0 Å². The summed E-state index contributed by atoms with van der Waals surface area (Å²) >= 11 is 7.98. The number of guanidine groups is 1. The molecule has 0 aromatic carbocycles. The van der Waals surface area contributed by atoms with Crippen molar-refractivity contribution in [3.63, 3.8) is 0 Å². The number of hydrogen-bond donors (Lipinski definition) is 13. The molecule has 0 spiro atoms. The highest BCUT2D eigenvalue weighted by Gasteiger charge is 2.35. The molecule has 0 radical (unpaired) electrons. The predicted molar refractivity (Wildman–Crippen MR) is 168 cm³/mol. The molecule has 0 rings (SSSR count). The maximum absolute atomic E-state index is 13.1. The zero-order valence-electron chi connectivity index (χ0n) is 24.9. The van der Waals surface area contributed by atoms with Gasteiger partial charge in [0, 0.05) is 18.1 Å². The van der Waals surface area contributed by atoms with Gasteiger partial charge in [0.15, 0.2) is 5.96 Å². The first kappa shape index (κ1) is 40.7. The molecular weight excluding hydrogens is 620 g/mol. The molecule has 44 heavy (non-hydrogen) atoms. The number of amides is 6. The fourth-order valence-corrected chi connectivity index (χ4v) is 3.93. The summed E-state index contributed by atoms with van der Waals surface area (Å²) in [4.78, 5) is 79.4. The van der Waals surface area contributed by atoms with Crippen molar-refractivity contribution in [1.29, 1.82) is 0 Å². The number of carbonyl (C=O) groups excluding carboxylic acids is 6. The van der Waals surface area contributed by atoms with E-state index >= 15 is 0 Å². The van der Waals surface area contributed by atoms with Gasteiger partial charge in [-0.2, -0.15) is 25.3 Å². The third-order valence-corrected chi connectivity index (χ3v) is 6.84. The SMILES string of the molecule is CC(C)[C@H](NC(=O)[C@H](CO)NC(=O)[C@@H](N)CS)C(=O)N[C@H](C(=O)N[C@@H](CS)C(=O)N[C@@H](CCCN=C(N)N)C(N)=O)[C@@H](C)O. The van der Waals surface area contributed by atoms with Crippen molar-refractivity contribution in [1.82, 2.24) is 26.6 Å². The smallest absolute Gasteiger partial charge is 0.245 e. The highest BCUT2D eigenvalue weighted by atomic mass is 32.1. The van der Waals surface area contributed by atoms with Crippen LogP contribution in [0.25, 0.3) is 0 Å². The molecule has 0 unspecified atom stereocenters. The summed E-state index contributed by atoms with van der Waals surface area (Å²) in [6.07, 6.45) is -1.06. The third kappa shape index (κ3) is 14.4. The fraction of sp³-hybridized carbons (Fsp3) is 0.708. The zero-order valence-corrected chi connectivity index (χ0v) is 26.6. The highest BCUT2D eigenvalue weighted by molar-refractivity contribution is 7.80. The lowest BCUT2D eigenvalue weighted by molar-refractivity contribution is -0.137. The summed E-state index contributed by atoms with van der Waals surface area (Å²) in [7, 11) is 0. The number of thiol groups is 2. The molecule has 0 aliphatic carbocycles. The van der Waals surface area contributed by atoms with Gasteiger partial charge in [-0.3, -0.25) is 33.8 Å². The summed E-state index contributed by atoms with van der Waals surface area (Å²) in [5, 5.41) is 31.6. The maximum atomic E-state index is 13.1. The van der Waals surface area contributed by atoms with Crippen LogP contribution in [0, 0.1) is 5.92 Å². The van der Waals surface area contributed by atoms with Gasteiger partial charge in [0.05, 0.1) is 18.8 Å². The Balaban J connectivity index is 5.56. The minimum absolute atomic E-state index is 0.0203. The summed E-state index contributed by atoms with van der Waals surface area (Å²) in [5.74, 6) is -6.10. The van der Waals surface area contributed by atoms with E-state index in [4.69, 9.17) is 22.9 Å². The summed E-state index contributed by atoms with van der Waals surface area (Å²) in [6, 6.07) is -7.77. The fourth-order valence-electron chi connectivity index (χ4n) is 3.51. The quantitative estimate of drug-likeness (QED) is 0.0251. The van der Waals surface area contributed by atoms with Crippen molar-refractivity contribution in [2.24, 2.45) is 33.8 Å². The van der Waals surface area contributed by atoms with Gasteiger partial charge in [0.1, 0.15) is 30.2 Å². The third-order valence-electron chi connectivity index (χ3n) is 6.08. The van der Waals surface area contributed by atoms with E-state index < -0.39 is 90.3 Å². The Morgan fingerprint density at radius 1 is 0.727 bits per heavy atom. The van der Waals surface area contributed by atoms with Crippen molar-refractivity contribution >= 4 is 66.7 Å². The van der Waals surface area contributed by atoms with E-state index in [0.717, 1.165) is 0 Å². The van der Waals surface area contributed by atoms with Crippen LogP contribution < -0.4 is 49.5 Å². The minimum Gasteiger partial charge on any atom is -0.394 e. The minimum atomic E-state index is -1.59. The lowest BCUT2D eigenvalue weighted by atomic mass is 10.0. The Labute approximate surface area is 266 Å². The van der Waals surface area contributed by atoms with Crippen molar-refractivity contribution in [3.8, 4) is 0 Å². The van der Waals surface area contributed by atoms with E-state index in [1.165, 1.54) is 6.92 Å². The lowest BCUT2D eigenvalue weighted by Crippen LogP contribution is -2.62. The molecule has 252 valence electrons. The van der Waals surface area contributed by atoms with Crippen LogP contribution in [-0.2, 0) is 28.8 Å². The summed E-state index contributed by atoms with van der Waals surface area (Å²) < 4.78 is 0. The Kier molecular flexibility index (Phi) is 19.0. The molecule has 18 nitrogen and oxygen atoms in total. The van der Waals surface area contributed by atoms with Crippen LogP contribution in [0.5, 0.6) is 0 Å². The number of rotatable bonds is 20. The molecule has 20 heteroatoms. The number of aliphatic hydroxyl groups is 2.